The van der Waals surface area contributed by atoms with Crippen molar-refractivity contribution in [3.05, 3.63) is 35.4 Å². The van der Waals surface area contributed by atoms with E-state index in [0.29, 0.717) is 17.8 Å². The van der Waals surface area contributed by atoms with Crippen LogP contribution >= 0.6 is 0 Å². The van der Waals surface area contributed by atoms with Gasteiger partial charge >= 0.3 is 0 Å². The van der Waals surface area contributed by atoms with Gasteiger partial charge in [0.05, 0.1) is 19.6 Å². The van der Waals surface area contributed by atoms with Gasteiger partial charge in [-0.2, -0.15) is 0 Å². The van der Waals surface area contributed by atoms with Gasteiger partial charge in [0.25, 0.3) is 0 Å². The van der Waals surface area contributed by atoms with Crippen LogP contribution in [0, 0.1) is 18.3 Å². The number of piperidine rings is 1. The second-order valence-corrected chi connectivity index (χ2v) is 7.59. The molecule has 2 aliphatic rings. The van der Waals surface area contributed by atoms with E-state index in [4.69, 9.17) is 9.47 Å². The predicted octanol–water partition coefficient (Wildman–Crippen LogP) is 3.22. The number of carbonyl (C=O) groups excluding carboxylic acids is 1. The Balaban J connectivity index is 1.56. The maximum absolute atomic E-state index is 12.7. The summed E-state index contributed by atoms with van der Waals surface area (Å²) in [5, 5.41) is 0. The molecule has 0 N–H and O–H groups in total. The van der Waals surface area contributed by atoms with Crippen LogP contribution in [-0.4, -0.2) is 50.3 Å². The van der Waals surface area contributed by atoms with Crippen LogP contribution in [0.3, 0.4) is 0 Å². The van der Waals surface area contributed by atoms with E-state index in [1.807, 2.05) is 6.92 Å². The molecule has 1 aromatic rings. The van der Waals surface area contributed by atoms with Crippen LogP contribution in [0.15, 0.2) is 24.3 Å². The van der Waals surface area contributed by atoms with Gasteiger partial charge in [0.15, 0.2) is 0 Å². The number of aryl methyl sites for hydroxylation is 1. The lowest BCUT2D eigenvalue weighted by molar-refractivity contribution is -0.138. The number of amides is 1. The average Bonchev–Trinajstić information content (AvgIpc) is 2.63. The van der Waals surface area contributed by atoms with E-state index in [1.54, 1.807) is 0 Å². The molecule has 0 aliphatic carbocycles. The Morgan fingerprint density at radius 1 is 1.24 bits per heavy atom. The van der Waals surface area contributed by atoms with Crippen molar-refractivity contribution in [1.29, 1.82) is 0 Å². The highest BCUT2D eigenvalue weighted by Crippen LogP contribution is 2.44. The van der Waals surface area contributed by atoms with Crippen molar-refractivity contribution in [3.8, 4) is 0 Å². The fourth-order valence-corrected chi connectivity index (χ4v) is 4.22. The van der Waals surface area contributed by atoms with E-state index in [1.165, 1.54) is 5.56 Å². The second kappa shape index (κ2) is 8.33. The average molecular weight is 345 g/mol. The van der Waals surface area contributed by atoms with Crippen molar-refractivity contribution in [2.45, 2.75) is 39.5 Å². The Labute approximate surface area is 151 Å². The number of benzene rings is 1. The molecule has 0 saturated carbocycles. The number of carbonyl (C=O) groups is 1. The number of ether oxygens (including phenoxy) is 2. The molecule has 1 amide bonds. The molecule has 4 heteroatoms. The molecule has 2 aliphatic heterocycles. The second-order valence-electron chi connectivity index (χ2n) is 7.59. The fraction of sp³-hybridized carbons (Fsp3) is 0.667. The van der Waals surface area contributed by atoms with Crippen LogP contribution in [0.2, 0.25) is 0 Å². The van der Waals surface area contributed by atoms with Crippen LogP contribution in [0.5, 0.6) is 0 Å². The van der Waals surface area contributed by atoms with Gasteiger partial charge in [0, 0.05) is 32.2 Å². The zero-order valence-corrected chi connectivity index (χ0v) is 15.6. The van der Waals surface area contributed by atoms with Gasteiger partial charge in [-0.1, -0.05) is 29.8 Å². The van der Waals surface area contributed by atoms with Gasteiger partial charge in [-0.3, -0.25) is 4.79 Å². The molecule has 2 heterocycles. The summed E-state index contributed by atoms with van der Waals surface area (Å²) in [6.07, 6.45) is 3.77. The van der Waals surface area contributed by atoms with Crippen LogP contribution in [0.4, 0.5) is 0 Å². The van der Waals surface area contributed by atoms with E-state index in [-0.39, 0.29) is 5.91 Å². The molecule has 1 aromatic carbocycles. The molecule has 0 unspecified atom stereocenters. The summed E-state index contributed by atoms with van der Waals surface area (Å²) in [5.41, 5.74) is 2.64. The van der Waals surface area contributed by atoms with Crippen LogP contribution < -0.4 is 0 Å². The van der Waals surface area contributed by atoms with E-state index >= 15 is 0 Å². The number of nitrogens with zero attached hydrogens (tertiary/aromatic N) is 1. The lowest BCUT2D eigenvalue weighted by atomic mass is 9.66. The summed E-state index contributed by atoms with van der Waals surface area (Å²) in [7, 11) is 0. The highest BCUT2D eigenvalue weighted by molar-refractivity contribution is 5.78. The molecular weight excluding hydrogens is 314 g/mol. The standard InChI is InChI=1S/C21H31NO3/c1-3-24-15-19-16-25-13-10-21(19)8-11-22(12-9-21)20(23)14-18-6-4-17(2)5-7-18/h4-7,19H,3,8-16H2,1-2H3/t19-/m0/s1. The van der Waals surface area contributed by atoms with Crippen LogP contribution in [0.25, 0.3) is 0 Å². The molecule has 2 fully saturated rings. The van der Waals surface area contributed by atoms with E-state index in [0.717, 1.165) is 64.3 Å². The van der Waals surface area contributed by atoms with Crippen molar-refractivity contribution in [2.24, 2.45) is 11.3 Å². The summed E-state index contributed by atoms with van der Waals surface area (Å²) in [4.78, 5) is 14.7. The fourth-order valence-electron chi connectivity index (χ4n) is 4.22. The molecule has 2 saturated heterocycles. The zero-order valence-electron chi connectivity index (χ0n) is 15.6. The van der Waals surface area contributed by atoms with E-state index in [9.17, 15) is 4.79 Å². The van der Waals surface area contributed by atoms with Gasteiger partial charge in [-0.15, -0.1) is 0 Å². The smallest absolute Gasteiger partial charge is 0.226 e. The quantitative estimate of drug-likeness (QED) is 0.822. The zero-order chi connectivity index (χ0) is 17.7. The third kappa shape index (κ3) is 4.42. The molecule has 138 valence electrons. The van der Waals surface area contributed by atoms with Crippen molar-refractivity contribution in [2.75, 3.05) is 39.5 Å². The Hall–Kier alpha value is -1.39. The monoisotopic (exact) mass is 345 g/mol. The molecule has 3 rings (SSSR count). The third-order valence-electron chi connectivity index (χ3n) is 6.04. The Bertz CT molecular complexity index is 561. The normalized spacial score (nSPS) is 23.0. The van der Waals surface area contributed by atoms with Gasteiger partial charge in [-0.05, 0) is 44.1 Å². The van der Waals surface area contributed by atoms with Crippen LogP contribution in [-0.2, 0) is 20.7 Å². The molecule has 1 atom stereocenters. The third-order valence-corrected chi connectivity index (χ3v) is 6.04. The minimum Gasteiger partial charge on any atom is -0.381 e. The number of hydrogen-bond acceptors (Lipinski definition) is 3. The molecule has 0 bridgehead atoms. The van der Waals surface area contributed by atoms with Gasteiger partial charge < -0.3 is 14.4 Å². The Morgan fingerprint density at radius 2 is 1.96 bits per heavy atom. The maximum Gasteiger partial charge on any atom is 0.226 e. The SMILES string of the molecule is CCOC[C@H]1COCCC12CCN(C(=O)Cc1ccc(C)cc1)CC2. The minimum absolute atomic E-state index is 0.257. The first kappa shape index (κ1) is 18.4. The summed E-state index contributed by atoms with van der Waals surface area (Å²) < 4.78 is 11.4. The summed E-state index contributed by atoms with van der Waals surface area (Å²) >= 11 is 0. The van der Waals surface area contributed by atoms with Crippen molar-refractivity contribution in [1.82, 2.24) is 4.90 Å². The summed E-state index contributed by atoms with van der Waals surface area (Å²) in [6.45, 7) is 9.05. The highest BCUT2D eigenvalue weighted by atomic mass is 16.5. The molecular formula is C21H31NO3. The molecule has 4 nitrogen and oxygen atoms in total. The van der Waals surface area contributed by atoms with E-state index in [2.05, 4.69) is 36.1 Å². The topological polar surface area (TPSA) is 38.8 Å². The van der Waals surface area contributed by atoms with Gasteiger partial charge in [0.1, 0.15) is 0 Å². The highest BCUT2D eigenvalue weighted by Gasteiger charge is 2.44. The van der Waals surface area contributed by atoms with Crippen LogP contribution in [0.1, 0.15) is 37.3 Å². The lowest BCUT2D eigenvalue weighted by Crippen LogP contribution is -2.50. The number of likely N-dealkylation sites (tertiary alicyclic amines) is 1. The summed E-state index contributed by atoms with van der Waals surface area (Å²) in [5.74, 6) is 0.725. The molecule has 0 aromatic heterocycles. The Morgan fingerprint density at radius 3 is 2.64 bits per heavy atom. The molecule has 25 heavy (non-hydrogen) atoms. The Kier molecular flexibility index (Phi) is 6.13. The predicted molar refractivity (Wildman–Crippen MR) is 98.5 cm³/mol. The van der Waals surface area contributed by atoms with Gasteiger partial charge in [-0.25, -0.2) is 0 Å². The molecule has 1 spiro atoms. The summed E-state index contributed by atoms with van der Waals surface area (Å²) in [6, 6.07) is 8.28. The number of rotatable bonds is 5. The largest absolute Gasteiger partial charge is 0.381 e. The first-order valence-corrected chi connectivity index (χ1v) is 9.62. The van der Waals surface area contributed by atoms with Crippen molar-refractivity contribution >= 4 is 5.91 Å². The first-order chi connectivity index (χ1) is 12.1. The maximum atomic E-state index is 12.7. The lowest BCUT2D eigenvalue weighted by Gasteiger charge is -2.49. The molecule has 0 radical (unpaired) electrons. The van der Waals surface area contributed by atoms with E-state index < -0.39 is 0 Å². The van der Waals surface area contributed by atoms with Gasteiger partial charge in [0.2, 0.25) is 5.91 Å². The first-order valence-electron chi connectivity index (χ1n) is 9.62. The number of hydrogen-bond donors (Lipinski definition) is 0. The van der Waals surface area contributed by atoms with Crippen molar-refractivity contribution in [3.63, 3.8) is 0 Å². The van der Waals surface area contributed by atoms with Crippen molar-refractivity contribution < 1.29 is 14.3 Å². The minimum atomic E-state index is 0.257.